The van der Waals surface area contributed by atoms with Gasteiger partial charge in [0.2, 0.25) is 0 Å². The van der Waals surface area contributed by atoms with Gasteiger partial charge in [0.25, 0.3) is 0 Å². The lowest BCUT2D eigenvalue weighted by Crippen LogP contribution is -2.37. The Kier molecular flexibility index (Phi) is 2.74. The van der Waals surface area contributed by atoms with Crippen molar-refractivity contribution in [3.05, 3.63) is 33.8 Å². The maximum Gasteiger partial charge on any atom is 0.0577 e. The van der Waals surface area contributed by atoms with E-state index in [0.29, 0.717) is 10.9 Å². The van der Waals surface area contributed by atoms with E-state index in [0.717, 1.165) is 17.0 Å². The van der Waals surface area contributed by atoms with Crippen molar-refractivity contribution in [1.29, 1.82) is 0 Å². The normalized spacial score (nSPS) is 31.3. The Labute approximate surface area is 93.7 Å². The molecule has 1 nitrogen and oxygen atoms in total. The van der Waals surface area contributed by atoms with Crippen LogP contribution in [0, 0.1) is 5.92 Å². The van der Waals surface area contributed by atoms with E-state index in [1.807, 2.05) is 19.1 Å². The molecule has 3 unspecified atom stereocenters. The lowest BCUT2D eigenvalue weighted by atomic mass is 9.69. The zero-order valence-corrected chi connectivity index (χ0v) is 9.39. The average molecular weight is 231 g/mol. The van der Waals surface area contributed by atoms with Crippen LogP contribution in [0.15, 0.2) is 18.2 Å². The van der Waals surface area contributed by atoms with Gasteiger partial charge < -0.3 is 5.11 Å². The second kappa shape index (κ2) is 3.73. The molecule has 1 aromatic rings. The van der Waals surface area contributed by atoms with Gasteiger partial charge in [0, 0.05) is 10.0 Å². The van der Waals surface area contributed by atoms with Gasteiger partial charge >= 0.3 is 0 Å². The molecule has 1 aromatic carbocycles. The van der Waals surface area contributed by atoms with Crippen LogP contribution in [0.2, 0.25) is 10.0 Å². The maximum atomic E-state index is 9.43. The van der Waals surface area contributed by atoms with E-state index in [1.54, 1.807) is 6.07 Å². The number of rotatable bonds is 1. The van der Waals surface area contributed by atoms with E-state index in [1.165, 1.54) is 0 Å². The second-order valence-corrected chi connectivity index (χ2v) is 4.78. The first-order valence-electron chi connectivity index (χ1n) is 4.72. The van der Waals surface area contributed by atoms with Gasteiger partial charge in [-0.3, -0.25) is 0 Å². The fourth-order valence-corrected chi connectivity index (χ4v) is 2.41. The van der Waals surface area contributed by atoms with Gasteiger partial charge in [0.15, 0.2) is 0 Å². The van der Waals surface area contributed by atoms with Crippen LogP contribution in [0.1, 0.15) is 24.8 Å². The predicted molar refractivity (Wildman–Crippen MR) is 59.0 cm³/mol. The standard InChI is InChI=1S/C11H12Cl2O/c1-6-8(5-11(6)14)9-4-7(12)2-3-10(9)13/h2-4,6,8,11,14H,5H2,1H3. The molecule has 3 atom stereocenters. The highest BCUT2D eigenvalue weighted by Crippen LogP contribution is 2.45. The van der Waals surface area contributed by atoms with Crippen LogP contribution in [0.25, 0.3) is 0 Å². The topological polar surface area (TPSA) is 20.2 Å². The molecule has 0 spiro atoms. The zero-order chi connectivity index (χ0) is 10.3. The Hall–Kier alpha value is -0.240. The third-order valence-electron chi connectivity index (χ3n) is 3.09. The predicted octanol–water partition coefficient (Wildman–Crippen LogP) is 3.48. The van der Waals surface area contributed by atoms with Gasteiger partial charge in [-0.2, -0.15) is 0 Å². The summed E-state index contributed by atoms with van der Waals surface area (Å²) < 4.78 is 0. The summed E-state index contributed by atoms with van der Waals surface area (Å²) in [6.45, 7) is 2.04. The summed E-state index contributed by atoms with van der Waals surface area (Å²) in [7, 11) is 0. The van der Waals surface area contributed by atoms with Gasteiger partial charge in [-0.05, 0) is 42.0 Å². The number of aliphatic hydroxyl groups excluding tert-OH is 1. The van der Waals surface area contributed by atoms with Crippen molar-refractivity contribution < 1.29 is 5.11 Å². The number of halogens is 2. The highest BCUT2D eigenvalue weighted by Gasteiger charge is 2.38. The molecule has 1 N–H and O–H groups in total. The molecule has 1 saturated carbocycles. The van der Waals surface area contributed by atoms with Crippen molar-refractivity contribution in [2.75, 3.05) is 0 Å². The maximum absolute atomic E-state index is 9.43. The zero-order valence-electron chi connectivity index (χ0n) is 7.87. The molecule has 3 heteroatoms. The largest absolute Gasteiger partial charge is 0.393 e. The summed E-state index contributed by atoms with van der Waals surface area (Å²) in [4.78, 5) is 0. The lowest BCUT2D eigenvalue weighted by molar-refractivity contribution is 0.0117. The molecule has 76 valence electrons. The lowest BCUT2D eigenvalue weighted by Gasteiger charge is -2.40. The van der Waals surface area contributed by atoms with Crippen LogP contribution in [0.5, 0.6) is 0 Å². The van der Waals surface area contributed by atoms with Crippen LogP contribution in [-0.4, -0.2) is 11.2 Å². The first-order chi connectivity index (χ1) is 6.59. The minimum absolute atomic E-state index is 0.185. The average Bonchev–Trinajstić information content (AvgIpc) is 2.18. The van der Waals surface area contributed by atoms with Gasteiger partial charge in [-0.15, -0.1) is 0 Å². The summed E-state index contributed by atoms with van der Waals surface area (Å²) in [6, 6.07) is 5.50. The van der Waals surface area contributed by atoms with Crippen LogP contribution in [-0.2, 0) is 0 Å². The Morgan fingerprint density at radius 2 is 2.07 bits per heavy atom. The van der Waals surface area contributed by atoms with Crippen molar-refractivity contribution in [1.82, 2.24) is 0 Å². The van der Waals surface area contributed by atoms with Crippen molar-refractivity contribution in [3.63, 3.8) is 0 Å². The van der Waals surface area contributed by atoms with Crippen LogP contribution in [0.3, 0.4) is 0 Å². The molecular formula is C11H12Cl2O. The number of benzene rings is 1. The van der Waals surface area contributed by atoms with Crippen LogP contribution in [0.4, 0.5) is 0 Å². The first kappa shape index (κ1) is 10.3. The molecule has 0 bridgehead atoms. The molecule has 0 aliphatic heterocycles. The SMILES string of the molecule is CC1C(O)CC1c1cc(Cl)ccc1Cl. The number of hydrogen-bond acceptors (Lipinski definition) is 1. The van der Waals surface area contributed by atoms with Crippen LogP contribution < -0.4 is 0 Å². The van der Waals surface area contributed by atoms with E-state index in [-0.39, 0.29) is 12.0 Å². The second-order valence-electron chi connectivity index (χ2n) is 3.93. The molecule has 2 rings (SSSR count). The van der Waals surface area contributed by atoms with E-state index in [2.05, 4.69) is 0 Å². The van der Waals surface area contributed by atoms with Gasteiger partial charge in [0.05, 0.1) is 6.10 Å². The molecule has 0 heterocycles. The fourth-order valence-electron chi connectivity index (χ4n) is 1.97. The fraction of sp³-hybridized carbons (Fsp3) is 0.455. The Morgan fingerprint density at radius 1 is 1.36 bits per heavy atom. The number of hydrogen-bond donors (Lipinski definition) is 1. The van der Waals surface area contributed by atoms with Gasteiger partial charge in [-0.1, -0.05) is 30.1 Å². The van der Waals surface area contributed by atoms with Crippen LogP contribution >= 0.6 is 23.2 Å². The van der Waals surface area contributed by atoms with E-state index < -0.39 is 0 Å². The first-order valence-corrected chi connectivity index (χ1v) is 5.48. The number of aliphatic hydroxyl groups is 1. The summed E-state index contributed by atoms with van der Waals surface area (Å²) in [5.74, 6) is 0.641. The molecule has 1 aliphatic rings. The molecule has 1 aliphatic carbocycles. The molecule has 0 saturated heterocycles. The molecule has 0 radical (unpaired) electrons. The van der Waals surface area contributed by atoms with Gasteiger partial charge in [-0.25, -0.2) is 0 Å². The Bertz CT molecular complexity index is 351. The molecular weight excluding hydrogens is 219 g/mol. The highest BCUT2D eigenvalue weighted by atomic mass is 35.5. The van der Waals surface area contributed by atoms with E-state index in [9.17, 15) is 5.11 Å². The smallest absolute Gasteiger partial charge is 0.0577 e. The van der Waals surface area contributed by atoms with Crippen molar-refractivity contribution in [2.45, 2.75) is 25.4 Å². The third kappa shape index (κ3) is 1.65. The van der Waals surface area contributed by atoms with Crippen molar-refractivity contribution >= 4 is 23.2 Å². The monoisotopic (exact) mass is 230 g/mol. The summed E-state index contributed by atoms with van der Waals surface area (Å²) >= 11 is 12.0. The molecule has 0 amide bonds. The van der Waals surface area contributed by atoms with E-state index >= 15 is 0 Å². The third-order valence-corrected chi connectivity index (χ3v) is 3.67. The van der Waals surface area contributed by atoms with Crippen molar-refractivity contribution in [2.24, 2.45) is 5.92 Å². The quantitative estimate of drug-likeness (QED) is 0.784. The minimum atomic E-state index is -0.185. The summed E-state index contributed by atoms with van der Waals surface area (Å²) in [6.07, 6.45) is 0.608. The molecule has 14 heavy (non-hydrogen) atoms. The molecule has 1 fully saturated rings. The Balaban J connectivity index is 2.28. The van der Waals surface area contributed by atoms with E-state index in [4.69, 9.17) is 23.2 Å². The molecule has 0 aromatic heterocycles. The Morgan fingerprint density at radius 3 is 2.64 bits per heavy atom. The highest BCUT2D eigenvalue weighted by molar-refractivity contribution is 6.33. The summed E-state index contributed by atoms with van der Waals surface area (Å²) in [5, 5.41) is 10.9. The summed E-state index contributed by atoms with van der Waals surface area (Å²) in [5.41, 5.74) is 1.07. The van der Waals surface area contributed by atoms with Gasteiger partial charge in [0.1, 0.15) is 0 Å². The minimum Gasteiger partial charge on any atom is -0.393 e. The van der Waals surface area contributed by atoms with Crippen molar-refractivity contribution in [3.8, 4) is 0 Å².